The second-order valence-electron chi connectivity index (χ2n) is 24.8. The van der Waals surface area contributed by atoms with Crippen LogP contribution in [-0.2, 0) is 38.5 Å². The van der Waals surface area contributed by atoms with E-state index in [2.05, 4.69) is 125 Å². The first-order valence-electron chi connectivity index (χ1n) is 32.3. The van der Waals surface area contributed by atoms with Gasteiger partial charge in [-0.15, -0.1) is 0 Å². The standard InChI is InChI=1S/C28H30ClNO.C26H26F2N2O.C26H27FN2O/c1-20-9-16-26-23(18-20)11-10-21-6-3-4-7-25(21)27(26)8-5-17-30(2)19-28(31)22-12-14-24(29)15-13-22;1-29(18-26(31)20-9-11-22(27)12-10-20)15-4-16-30-24-6-3-2-5-19(24)7-8-21-17-23(28)13-14-25(21)30;1-28(19-26(30)22-13-15-23(27)16-14-22)17-6-18-29-24-9-4-2-7-20(24)11-12-21-8-3-5-10-25(21)29/h3-4,6-7,9,12-16,18,27H,5,8,10-11,17,19H2,1-2H3;2-3,5-6,9-14,17H,4,7-8,15-16,18H2,1H3;2-5,7-10,13-16H,6,11-12,17-19H2,1H3. The number of Topliss-reactive ketones (excluding diaryl/α,β-unsaturated/α-hetero) is 3. The Morgan fingerprint density at radius 1 is 0.402 bits per heavy atom. The Hall–Kier alpha value is -8.45. The van der Waals surface area contributed by atoms with Crippen molar-refractivity contribution in [1.29, 1.82) is 0 Å². The van der Waals surface area contributed by atoms with E-state index >= 15 is 0 Å². The van der Waals surface area contributed by atoms with E-state index in [-0.39, 0.29) is 41.3 Å². The predicted octanol–water partition coefficient (Wildman–Crippen LogP) is 17.1. The minimum Gasteiger partial charge on any atom is -0.341 e. The number of hydrogen-bond donors (Lipinski definition) is 0. The highest BCUT2D eigenvalue weighted by molar-refractivity contribution is 6.30. The van der Waals surface area contributed by atoms with Crippen molar-refractivity contribution < 1.29 is 27.6 Å². The maximum absolute atomic E-state index is 13.8. The molecular weight excluding hydrogens is 1170 g/mol. The molecule has 0 amide bonds. The van der Waals surface area contributed by atoms with Crippen molar-refractivity contribution in [3.63, 3.8) is 0 Å². The van der Waals surface area contributed by atoms with Crippen molar-refractivity contribution in [3.8, 4) is 0 Å². The lowest BCUT2D eigenvalue weighted by Crippen LogP contribution is -2.30. The summed E-state index contributed by atoms with van der Waals surface area (Å²) >= 11 is 5.93. The highest BCUT2D eigenvalue weighted by Gasteiger charge is 2.26. The summed E-state index contributed by atoms with van der Waals surface area (Å²) in [7, 11) is 5.92. The van der Waals surface area contributed by atoms with Gasteiger partial charge < -0.3 is 9.80 Å². The van der Waals surface area contributed by atoms with Gasteiger partial charge in [0.25, 0.3) is 0 Å². The lowest BCUT2D eigenvalue weighted by molar-refractivity contribution is 0.0937. The molecule has 0 fully saturated rings. The number of likely N-dealkylation sites (N-methyl/N-ethyl adjacent to an activating group) is 3. The van der Waals surface area contributed by atoms with Crippen molar-refractivity contribution in [2.75, 3.05) is 83.3 Å². The first-order chi connectivity index (χ1) is 44.6. The molecule has 474 valence electrons. The van der Waals surface area contributed by atoms with Crippen molar-refractivity contribution >= 4 is 51.7 Å². The van der Waals surface area contributed by atoms with Crippen LogP contribution in [-0.4, -0.2) is 106 Å². The van der Waals surface area contributed by atoms with Crippen LogP contribution < -0.4 is 9.80 Å². The number of fused-ring (bicyclic) bond motifs is 6. The van der Waals surface area contributed by atoms with Crippen LogP contribution in [0.15, 0.2) is 206 Å². The van der Waals surface area contributed by atoms with Gasteiger partial charge in [0.1, 0.15) is 17.5 Å². The van der Waals surface area contributed by atoms with Crippen LogP contribution in [0.5, 0.6) is 0 Å². The summed E-state index contributed by atoms with van der Waals surface area (Å²) in [5.41, 5.74) is 18.9. The molecule has 1 unspecified atom stereocenters. The number of hydrogen-bond acceptors (Lipinski definition) is 8. The number of aryl methyl sites for hydroxylation is 7. The third-order valence-corrected chi connectivity index (χ3v) is 18.1. The molecule has 1 atom stereocenters. The van der Waals surface area contributed by atoms with E-state index in [1.807, 2.05) is 49.1 Å². The molecule has 12 heteroatoms. The van der Waals surface area contributed by atoms with Gasteiger partial charge in [0, 0.05) is 76.6 Å². The van der Waals surface area contributed by atoms with Crippen molar-refractivity contribution in [2.45, 2.75) is 77.0 Å². The van der Waals surface area contributed by atoms with Crippen LogP contribution in [0.25, 0.3) is 0 Å². The number of anilines is 4. The molecule has 9 aromatic rings. The summed E-state index contributed by atoms with van der Waals surface area (Å²) in [6.07, 6.45) is 9.95. The highest BCUT2D eigenvalue weighted by atomic mass is 35.5. The molecule has 0 N–H and O–H groups in total. The predicted molar refractivity (Wildman–Crippen MR) is 370 cm³/mol. The number of halogens is 4. The van der Waals surface area contributed by atoms with E-state index in [1.165, 1.54) is 98.3 Å². The van der Waals surface area contributed by atoms with Crippen molar-refractivity contribution in [2.24, 2.45) is 0 Å². The summed E-state index contributed by atoms with van der Waals surface area (Å²) in [4.78, 5) is 48.3. The molecule has 0 saturated heterocycles. The van der Waals surface area contributed by atoms with Crippen LogP contribution in [0.4, 0.5) is 35.9 Å². The zero-order chi connectivity index (χ0) is 64.5. The molecule has 9 aromatic carbocycles. The molecule has 2 aliphatic heterocycles. The van der Waals surface area contributed by atoms with Gasteiger partial charge in [-0.1, -0.05) is 114 Å². The van der Waals surface area contributed by atoms with E-state index in [1.54, 1.807) is 42.5 Å². The minimum absolute atomic E-state index is 0.0166. The van der Waals surface area contributed by atoms with Gasteiger partial charge in [-0.05, 0) is 253 Å². The third-order valence-electron chi connectivity index (χ3n) is 17.9. The van der Waals surface area contributed by atoms with Gasteiger partial charge in [0.05, 0.1) is 19.6 Å². The van der Waals surface area contributed by atoms with Gasteiger partial charge in [-0.2, -0.15) is 0 Å². The lowest BCUT2D eigenvalue weighted by atomic mass is 9.84. The molecule has 0 saturated carbocycles. The smallest absolute Gasteiger partial charge is 0.176 e. The number of carbonyl (C=O) groups is 3. The number of para-hydroxylation sites is 3. The Labute approximate surface area is 546 Å². The lowest BCUT2D eigenvalue weighted by Gasteiger charge is -2.28. The molecule has 1 aliphatic carbocycles. The maximum atomic E-state index is 13.8. The van der Waals surface area contributed by atoms with Crippen LogP contribution in [0.2, 0.25) is 5.02 Å². The zero-order valence-corrected chi connectivity index (χ0v) is 54.2. The van der Waals surface area contributed by atoms with Crippen LogP contribution >= 0.6 is 11.6 Å². The zero-order valence-electron chi connectivity index (χ0n) is 53.4. The van der Waals surface area contributed by atoms with E-state index in [9.17, 15) is 27.6 Å². The minimum atomic E-state index is -0.345. The third kappa shape index (κ3) is 17.8. The van der Waals surface area contributed by atoms with Gasteiger partial charge in [0.15, 0.2) is 17.3 Å². The largest absolute Gasteiger partial charge is 0.341 e. The molecule has 3 aliphatic rings. The summed E-state index contributed by atoms with van der Waals surface area (Å²) in [5.74, 6) is -0.315. The van der Waals surface area contributed by atoms with Crippen LogP contribution in [0.3, 0.4) is 0 Å². The topological polar surface area (TPSA) is 67.4 Å². The fraction of sp³-hybridized carbons (Fsp3) is 0.287. The van der Waals surface area contributed by atoms with E-state index < -0.39 is 0 Å². The molecular formula is C80H83ClF3N5O3. The Bertz CT molecular complexity index is 3730. The van der Waals surface area contributed by atoms with Crippen molar-refractivity contribution in [3.05, 3.63) is 295 Å². The number of carbonyl (C=O) groups excluding carboxylic acids is 3. The van der Waals surface area contributed by atoms with E-state index in [0.29, 0.717) is 35.2 Å². The maximum Gasteiger partial charge on any atom is 0.176 e. The second kappa shape index (κ2) is 32.2. The molecule has 2 heterocycles. The number of rotatable bonds is 21. The molecule has 0 spiro atoms. The summed E-state index contributed by atoms with van der Waals surface area (Å²) in [5, 5.41) is 0.657. The first-order valence-corrected chi connectivity index (χ1v) is 32.7. The van der Waals surface area contributed by atoms with Crippen molar-refractivity contribution in [1.82, 2.24) is 14.7 Å². The van der Waals surface area contributed by atoms with Gasteiger partial charge in [0.2, 0.25) is 0 Å². The summed E-state index contributed by atoms with van der Waals surface area (Å²) in [6, 6.07) is 65.1. The quantitative estimate of drug-likeness (QED) is 0.0660. The normalized spacial score (nSPS) is 13.8. The molecule has 92 heavy (non-hydrogen) atoms. The van der Waals surface area contributed by atoms with Gasteiger partial charge >= 0.3 is 0 Å². The molecule has 8 nitrogen and oxygen atoms in total. The van der Waals surface area contributed by atoms with Gasteiger partial charge in [-0.25, -0.2) is 13.2 Å². The monoisotopic (exact) mass is 1250 g/mol. The number of benzene rings is 9. The Morgan fingerprint density at radius 3 is 1.26 bits per heavy atom. The number of nitrogens with zero attached hydrogens (tertiary/aromatic N) is 5. The Kier molecular flexibility index (Phi) is 23.3. The SMILES string of the molecule is CN(CCCN1c2ccccc2CCc2cc(F)ccc21)CC(=O)c1ccc(F)cc1.CN(CCCN1c2ccccc2CCc2ccccc21)CC(=O)c1ccc(F)cc1.Cc1ccc2c(c1)CCc1ccccc1C2CCCN(C)CC(=O)c1ccc(Cl)cc1. The first kappa shape index (κ1) is 66.5. The second-order valence-corrected chi connectivity index (χ2v) is 25.2. The fourth-order valence-electron chi connectivity index (χ4n) is 13.1. The van der Waals surface area contributed by atoms with Crippen LogP contribution in [0.1, 0.15) is 113 Å². The summed E-state index contributed by atoms with van der Waals surface area (Å²) in [6.45, 7) is 7.34. The molecule has 0 aromatic heterocycles. The fourth-order valence-corrected chi connectivity index (χ4v) is 13.2. The Morgan fingerprint density at radius 2 is 0.772 bits per heavy atom. The molecule has 0 radical (unpaired) electrons. The molecule has 0 bridgehead atoms. The van der Waals surface area contributed by atoms with Gasteiger partial charge in [-0.3, -0.25) is 29.1 Å². The summed E-state index contributed by atoms with van der Waals surface area (Å²) < 4.78 is 40.0. The van der Waals surface area contributed by atoms with Crippen LogP contribution in [0, 0.1) is 24.4 Å². The Balaban J connectivity index is 0.000000151. The average molecular weight is 1260 g/mol. The van der Waals surface area contributed by atoms with E-state index in [4.69, 9.17) is 11.6 Å². The number of ketones is 3. The van der Waals surface area contributed by atoms with E-state index in [0.717, 1.165) is 119 Å². The molecule has 12 rings (SSSR count). The highest BCUT2D eigenvalue weighted by Crippen LogP contribution is 2.40. The average Bonchev–Trinajstić information content (AvgIpc) is 1.72.